The van der Waals surface area contributed by atoms with Crippen LogP contribution in [0.1, 0.15) is 59.3 Å². The van der Waals surface area contributed by atoms with E-state index in [0.29, 0.717) is 13.0 Å². The van der Waals surface area contributed by atoms with Gasteiger partial charge in [0, 0.05) is 19.1 Å². The molecule has 1 amide bonds. The van der Waals surface area contributed by atoms with Gasteiger partial charge in [0.15, 0.2) is 0 Å². The molecular formula is C15H30N2O2. The third kappa shape index (κ3) is 6.39. The van der Waals surface area contributed by atoms with Crippen molar-refractivity contribution >= 4 is 5.91 Å². The number of ether oxygens (including phenoxy) is 1. The Balaban J connectivity index is 2.31. The number of carbonyl (C=O) groups excluding carboxylic acids is 1. The van der Waals surface area contributed by atoms with Crippen molar-refractivity contribution in [2.75, 3.05) is 13.2 Å². The van der Waals surface area contributed by atoms with E-state index in [0.717, 1.165) is 32.3 Å². The van der Waals surface area contributed by atoms with Crippen LogP contribution in [0.15, 0.2) is 0 Å². The summed E-state index contributed by atoms with van der Waals surface area (Å²) in [5.74, 6) is 0.127. The quantitative estimate of drug-likeness (QED) is 0.778. The van der Waals surface area contributed by atoms with Crippen LogP contribution in [0.2, 0.25) is 0 Å². The summed E-state index contributed by atoms with van der Waals surface area (Å²) < 4.78 is 5.65. The third-order valence-electron chi connectivity index (χ3n) is 3.80. The first-order valence-electron chi connectivity index (χ1n) is 7.54. The summed E-state index contributed by atoms with van der Waals surface area (Å²) in [6.07, 6.45) is 5.98. The van der Waals surface area contributed by atoms with E-state index in [-0.39, 0.29) is 23.5 Å². The van der Waals surface area contributed by atoms with Gasteiger partial charge in [0.2, 0.25) is 5.91 Å². The number of hydrogen-bond acceptors (Lipinski definition) is 3. The van der Waals surface area contributed by atoms with E-state index < -0.39 is 0 Å². The summed E-state index contributed by atoms with van der Waals surface area (Å²) in [7, 11) is 0. The molecule has 0 aromatic rings. The summed E-state index contributed by atoms with van der Waals surface area (Å²) in [6.45, 7) is 7.87. The molecule has 0 spiro atoms. The van der Waals surface area contributed by atoms with E-state index >= 15 is 0 Å². The van der Waals surface area contributed by atoms with Crippen LogP contribution in [0.3, 0.4) is 0 Å². The maximum Gasteiger partial charge on any atom is 0.220 e. The predicted molar refractivity (Wildman–Crippen MR) is 77.9 cm³/mol. The van der Waals surface area contributed by atoms with Crippen LogP contribution in [0, 0.1) is 5.41 Å². The third-order valence-corrected chi connectivity index (χ3v) is 3.80. The molecule has 0 aromatic carbocycles. The van der Waals surface area contributed by atoms with E-state index in [1.807, 2.05) is 0 Å². The van der Waals surface area contributed by atoms with Crippen molar-refractivity contribution in [2.24, 2.45) is 11.1 Å². The number of amides is 1. The fraction of sp³-hybridized carbons (Fsp3) is 0.933. The molecule has 19 heavy (non-hydrogen) atoms. The normalized spacial score (nSPS) is 22.0. The van der Waals surface area contributed by atoms with Crippen LogP contribution < -0.4 is 11.1 Å². The summed E-state index contributed by atoms with van der Waals surface area (Å²) in [4.78, 5) is 12.0. The van der Waals surface area contributed by atoms with E-state index in [4.69, 9.17) is 10.5 Å². The number of hydrogen-bond donors (Lipinski definition) is 2. The van der Waals surface area contributed by atoms with E-state index in [9.17, 15) is 4.79 Å². The molecule has 4 heteroatoms. The monoisotopic (exact) mass is 270 g/mol. The van der Waals surface area contributed by atoms with Gasteiger partial charge in [-0.25, -0.2) is 0 Å². The lowest BCUT2D eigenvalue weighted by Crippen LogP contribution is -2.45. The van der Waals surface area contributed by atoms with Crippen LogP contribution in [0.4, 0.5) is 0 Å². The zero-order valence-electron chi connectivity index (χ0n) is 12.7. The minimum atomic E-state index is 0.0520. The van der Waals surface area contributed by atoms with E-state index in [2.05, 4.69) is 26.1 Å². The van der Waals surface area contributed by atoms with Gasteiger partial charge in [-0.1, -0.05) is 20.8 Å². The molecule has 2 atom stereocenters. The minimum absolute atomic E-state index is 0.0520. The Kier molecular flexibility index (Phi) is 6.80. The topological polar surface area (TPSA) is 64.3 Å². The van der Waals surface area contributed by atoms with Gasteiger partial charge in [-0.15, -0.1) is 0 Å². The molecule has 1 fully saturated rings. The second-order valence-electron chi connectivity index (χ2n) is 6.59. The fourth-order valence-corrected chi connectivity index (χ4v) is 2.48. The maximum atomic E-state index is 12.0. The second kappa shape index (κ2) is 7.85. The molecule has 4 nitrogen and oxygen atoms in total. The highest BCUT2D eigenvalue weighted by Gasteiger charge is 2.25. The Morgan fingerprint density at radius 1 is 1.42 bits per heavy atom. The number of carbonyl (C=O) groups is 1. The van der Waals surface area contributed by atoms with Gasteiger partial charge in [0.25, 0.3) is 0 Å². The van der Waals surface area contributed by atoms with Gasteiger partial charge in [-0.2, -0.15) is 0 Å². The molecule has 1 aliphatic heterocycles. The highest BCUT2D eigenvalue weighted by Crippen LogP contribution is 2.22. The Hall–Kier alpha value is -0.610. The first-order chi connectivity index (χ1) is 8.93. The van der Waals surface area contributed by atoms with Crippen LogP contribution in [-0.4, -0.2) is 31.2 Å². The SMILES string of the molecule is CC(C)(C)C(CCN)NC(=O)CCC1CCCCO1. The van der Waals surface area contributed by atoms with Gasteiger partial charge in [0.05, 0.1) is 6.10 Å². The smallest absolute Gasteiger partial charge is 0.220 e. The maximum absolute atomic E-state index is 12.0. The summed E-state index contributed by atoms with van der Waals surface area (Å²) in [6, 6.07) is 0.150. The second-order valence-corrected chi connectivity index (χ2v) is 6.59. The fourth-order valence-electron chi connectivity index (χ4n) is 2.48. The Labute approximate surface area is 117 Å². The first-order valence-corrected chi connectivity index (χ1v) is 7.54. The molecule has 1 heterocycles. The largest absolute Gasteiger partial charge is 0.378 e. The first kappa shape index (κ1) is 16.4. The van der Waals surface area contributed by atoms with Crippen molar-refractivity contribution in [3.63, 3.8) is 0 Å². The van der Waals surface area contributed by atoms with Crippen molar-refractivity contribution in [3.8, 4) is 0 Å². The van der Waals surface area contributed by atoms with E-state index in [1.54, 1.807) is 0 Å². The number of nitrogens with two attached hydrogens (primary N) is 1. The lowest BCUT2D eigenvalue weighted by atomic mass is 9.84. The average molecular weight is 270 g/mol. The lowest BCUT2D eigenvalue weighted by Gasteiger charge is -2.31. The van der Waals surface area contributed by atoms with Crippen LogP contribution >= 0.6 is 0 Å². The Bertz CT molecular complexity index is 268. The van der Waals surface area contributed by atoms with Crippen LogP contribution in [-0.2, 0) is 9.53 Å². The Morgan fingerprint density at radius 3 is 2.68 bits per heavy atom. The lowest BCUT2D eigenvalue weighted by molar-refractivity contribution is -0.123. The molecule has 0 radical (unpaired) electrons. The van der Waals surface area contributed by atoms with Crippen molar-refractivity contribution in [1.82, 2.24) is 5.32 Å². The molecule has 112 valence electrons. The molecule has 0 aromatic heterocycles. The van der Waals surface area contributed by atoms with Crippen molar-refractivity contribution in [2.45, 2.75) is 71.4 Å². The molecule has 2 unspecified atom stereocenters. The molecule has 0 saturated carbocycles. The molecule has 1 saturated heterocycles. The van der Waals surface area contributed by atoms with Gasteiger partial charge in [0.1, 0.15) is 0 Å². The van der Waals surface area contributed by atoms with Gasteiger partial charge in [-0.05, 0) is 44.1 Å². The van der Waals surface area contributed by atoms with Crippen LogP contribution in [0.5, 0.6) is 0 Å². The number of rotatable bonds is 6. The van der Waals surface area contributed by atoms with Gasteiger partial charge in [-0.3, -0.25) is 4.79 Å². The predicted octanol–water partition coefficient (Wildman–Crippen LogP) is 2.22. The molecule has 0 bridgehead atoms. The van der Waals surface area contributed by atoms with Crippen molar-refractivity contribution < 1.29 is 9.53 Å². The average Bonchev–Trinajstić information content (AvgIpc) is 2.36. The summed E-state index contributed by atoms with van der Waals surface area (Å²) in [5, 5.41) is 3.12. The molecule has 0 aliphatic carbocycles. The molecule has 3 N–H and O–H groups in total. The zero-order chi connectivity index (χ0) is 14.3. The minimum Gasteiger partial charge on any atom is -0.378 e. The van der Waals surface area contributed by atoms with Crippen molar-refractivity contribution in [1.29, 1.82) is 0 Å². The molecule has 1 aliphatic rings. The Morgan fingerprint density at radius 2 is 2.16 bits per heavy atom. The van der Waals surface area contributed by atoms with Crippen LogP contribution in [0.25, 0.3) is 0 Å². The van der Waals surface area contributed by atoms with Gasteiger partial charge < -0.3 is 15.8 Å². The molecular weight excluding hydrogens is 240 g/mol. The highest BCUT2D eigenvalue weighted by atomic mass is 16.5. The highest BCUT2D eigenvalue weighted by molar-refractivity contribution is 5.76. The summed E-state index contributed by atoms with van der Waals surface area (Å²) >= 11 is 0. The van der Waals surface area contributed by atoms with Crippen molar-refractivity contribution in [3.05, 3.63) is 0 Å². The van der Waals surface area contributed by atoms with Gasteiger partial charge >= 0.3 is 0 Å². The molecule has 1 rings (SSSR count). The number of nitrogens with one attached hydrogen (secondary N) is 1. The van der Waals surface area contributed by atoms with E-state index in [1.165, 1.54) is 6.42 Å². The zero-order valence-corrected chi connectivity index (χ0v) is 12.7. The standard InChI is InChI=1S/C15H30N2O2/c1-15(2,3)13(9-10-16)17-14(18)8-7-12-6-4-5-11-19-12/h12-13H,4-11,16H2,1-3H3,(H,17,18). The summed E-state index contributed by atoms with van der Waals surface area (Å²) in [5.41, 5.74) is 5.67.